The van der Waals surface area contributed by atoms with Crippen LogP contribution in [0.4, 0.5) is 0 Å². The lowest BCUT2D eigenvalue weighted by Crippen LogP contribution is -2.22. The maximum atomic E-state index is 12.0. The predicted octanol–water partition coefficient (Wildman–Crippen LogP) is 3.20. The van der Waals surface area contributed by atoms with Gasteiger partial charge in [-0.15, -0.1) is 0 Å². The third kappa shape index (κ3) is 2.47. The fraction of sp³-hybridized carbons (Fsp3) is 0.200. The van der Waals surface area contributed by atoms with Crippen molar-refractivity contribution in [3.05, 3.63) is 56.8 Å². The number of aromatic carboxylic acids is 1. The number of carboxylic acids is 1. The van der Waals surface area contributed by atoms with Gasteiger partial charge in [-0.05, 0) is 31.5 Å². The van der Waals surface area contributed by atoms with Crippen LogP contribution in [-0.4, -0.2) is 15.6 Å². The molecule has 0 radical (unpaired) electrons. The molecule has 0 fully saturated rings. The first-order chi connectivity index (χ1) is 9.45. The van der Waals surface area contributed by atoms with Crippen molar-refractivity contribution >= 4 is 17.6 Å². The van der Waals surface area contributed by atoms with Gasteiger partial charge in [0.15, 0.2) is 5.43 Å². The van der Waals surface area contributed by atoms with Gasteiger partial charge in [0.2, 0.25) is 0 Å². The van der Waals surface area contributed by atoms with E-state index in [0.29, 0.717) is 23.0 Å². The first-order valence-corrected chi connectivity index (χ1v) is 6.57. The van der Waals surface area contributed by atoms with Gasteiger partial charge in [-0.2, -0.15) is 0 Å². The molecule has 0 aliphatic rings. The molecule has 104 valence electrons. The molecule has 20 heavy (non-hydrogen) atoms. The number of benzene rings is 1. The Bertz CT molecular complexity index is 717. The van der Waals surface area contributed by atoms with Gasteiger partial charge in [-0.1, -0.05) is 23.7 Å². The third-order valence-corrected chi connectivity index (χ3v) is 3.49. The second kappa shape index (κ2) is 5.51. The average Bonchev–Trinajstić information content (AvgIpc) is 2.38. The van der Waals surface area contributed by atoms with Gasteiger partial charge >= 0.3 is 5.97 Å². The second-order valence-electron chi connectivity index (χ2n) is 4.41. The van der Waals surface area contributed by atoms with Crippen molar-refractivity contribution in [2.45, 2.75) is 20.4 Å². The molecule has 0 aliphatic carbocycles. The van der Waals surface area contributed by atoms with Crippen molar-refractivity contribution in [3.8, 4) is 11.3 Å². The summed E-state index contributed by atoms with van der Waals surface area (Å²) in [5.41, 5.74) is 1.32. The van der Waals surface area contributed by atoms with Crippen molar-refractivity contribution in [3.63, 3.8) is 0 Å². The van der Waals surface area contributed by atoms with Gasteiger partial charge in [0, 0.05) is 23.3 Å². The highest BCUT2D eigenvalue weighted by Crippen LogP contribution is 2.22. The number of hydrogen-bond donors (Lipinski definition) is 1. The van der Waals surface area contributed by atoms with Crippen LogP contribution < -0.4 is 5.43 Å². The molecule has 0 saturated carbocycles. The number of rotatable bonds is 3. The van der Waals surface area contributed by atoms with E-state index in [0.717, 1.165) is 5.56 Å². The van der Waals surface area contributed by atoms with E-state index in [-0.39, 0.29) is 5.56 Å². The summed E-state index contributed by atoms with van der Waals surface area (Å²) >= 11 is 5.86. The number of nitrogens with zero attached hydrogens (tertiary/aromatic N) is 1. The Morgan fingerprint density at radius 3 is 2.40 bits per heavy atom. The Morgan fingerprint density at radius 1 is 1.30 bits per heavy atom. The maximum absolute atomic E-state index is 12.0. The van der Waals surface area contributed by atoms with E-state index in [4.69, 9.17) is 16.7 Å². The van der Waals surface area contributed by atoms with Gasteiger partial charge in [-0.3, -0.25) is 4.79 Å². The molecule has 0 unspecified atom stereocenters. The first-order valence-electron chi connectivity index (χ1n) is 6.19. The van der Waals surface area contributed by atoms with Crippen LogP contribution in [0.25, 0.3) is 11.3 Å². The van der Waals surface area contributed by atoms with E-state index in [9.17, 15) is 9.59 Å². The van der Waals surface area contributed by atoms with E-state index >= 15 is 0 Å². The number of aromatic nitrogens is 1. The summed E-state index contributed by atoms with van der Waals surface area (Å²) in [4.78, 5) is 23.2. The minimum absolute atomic E-state index is 0.176. The first kappa shape index (κ1) is 14.3. The molecule has 1 N–H and O–H groups in total. The molecular weight excluding hydrogens is 278 g/mol. The van der Waals surface area contributed by atoms with E-state index in [2.05, 4.69) is 0 Å². The number of carbonyl (C=O) groups is 1. The molecule has 0 atom stereocenters. The largest absolute Gasteiger partial charge is 0.477 e. The summed E-state index contributed by atoms with van der Waals surface area (Å²) in [5, 5.41) is 9.74. The molecule has 4 nitrogen and oxygen atoms in total. The summed E-state index contributed by atoms with van der Waals surface area (Å²) < 4.78 is 1.81. The Hall–Kier alpha value is -2.07. The highest BCUT2D eigenvalue weighted by Gasteiger charge is 2.17. The molecule has 5 heteroatoms. The Labute approximate surface area is 121 Å². The summed E-state index contributed by atoms with van der Waals surface area (Å²) in [6.45, 7) is 4.13. The normalized spacial score (nSPS) is 10.6. The maximum Gasteiger partial charge on any atom is 0.341 e. The standard InChI is InChI=1S/C15H14ClNO3/c1-3-17-9(2)14(15(19)20)13(18)8-12(17)10-4-6-11(16)7-5-10/h4-8H,3H2,1-2H3,(H,19,20). The number of pyridine rings is 1. The number of halogens is 1. The van der Waals surface area contributed by atoms with Crippen LogP contribution in [0, 0.1) is 6.92 Å². The van der Waals surface area contributed by atoms with Crippen LogP contribution >= 0.6 is 11.6 Å². The minimum Gasteiger partial charge on any atom is -0.477 e. The molecule has 2 rings (SSSR count). The fourth-order valence-electron chi connectivity index (χ4n) is 2.30. The lowest BCUT2D eigenvalue weighted by molar-refractivity contribution is 0.0693. The van der Waals surface area contributed by atoms with Crippen molar-refractivity contribution in [1.82, 2.24) is 4.57 Å². The quantitative estimate of drug-likeness (QED) is 0.945. The molecule has 1 aromatic carbocycles. The van der Waals surface area contributed by atoms with Gasteiger partial charge in [0.25, 0.3) is 0 Å². The molecular formula is C15H14ClNO3. The molecule has 0 saturated heterocycles. The van der Waals surface area contributed by atoms with Gasteiger partial charge in [0.1, 0.15) is 5.56 Å². The van der Waals surface area contributed by atoms with Gasteiger partial charge in [-0.25, -0.2) is 4.79 Å². The molecule has 0 amide bonds. The Kier molecular flexibility index (Phi) is 3.95. The monoisotopic (exact) mass is 291 g/mol. The van der Waals surface area contributed by atoms with Crippen molar-refractivity contribution in [1.29, 1.82) is 0 Å². The SMILES string of the molecule is CCn1c(-c2ccc(Cl)cc2)cc(=O)c(C(=O)O)c1C. The predicted molar refractivity (Wildman–Crippen MR) is 78.5 cm³/mol. The fourth-order valence-corrected chi connectivity index (χ4v) is 2.42. The van der Waals surface area contributed by atoms with E-state index in [1.54, 1.807) is 19.1 Å². The lowest BCUT2D eigenvalue weighted by atomic mass is 10.1. The highest BCUT2D eigenvalue weighted by molar-refractivity contribution is 6.30. The number of carboxylic acid groups (broad SMARTS) is 1. The van der Waals surface area contributed by atoms with Crippen LogP contribution in [0.2, 0.25) is 5.02 Å². The molecule has 1 aromatic heterocycles. The number of hydrogen-bond acceptors (Lipinski definition) is 2. The van der Waals surface area contributed by atoms with Crippen molar-refractivity contribution in [2.24, 2.45) is 0 Å². The van der Waals surface area contributed by atoms with Crippen LogP contribution in [-0.2, 0) is 6.54 Å². The van der Waals surface area contributed by atoms with Gasteiger partial charge in [0.05, 0.1) is 5.69 Å². The summed E-state index contributed by atoms with van der Waals surface area (Å²) in [6, 6.07) is 8.46. The smallest absolute Gasteiger partial charge is 0.341 e. The van der Waals surface area contributed by atoms with Crippen LogP contribution in [0.15, 0.2) is 35.1 Å². The molecule has 2 aromatic rings. The summed E-state index contributed by atoms with van der Waals surface area (Å²) in [7, 11) is 0. The molecule has 1 heterocycles. The third-order valence-electron chi connectivity index (χ3n) is 3.24. The minimum atomic E-state index is -1.20. The summed E-state index contributed by atoms with van der Waals surface area (Å²) in [5.74, 6) is -1.20. The summed E-state index contributed by atoms with van der Waals surface area (Å²) in [6.07, 6.45) is 0. The van der Waals surface area contributed by atoms with Crippen LogP contribution in [0.5, 0.6) is 0 Å². The van der Waals surface area contributed by atoms with Crippen LogP contribution in [0.3, 0.4) is 0 Å². The molecule has 0 spiro atoms. The van der Waals surface area contributed by atoms with Gasteiger partial charge < -0.3 is 9.67 Å². The van der Waals surface area contributed by atoms with Crippen molar-refractivity contribution in [2.75, 3.05) is 0 Å². The van der Waals surface area contributed by atoms with E-state index in [1.165, 1.54) is 6.07 Å². The molecule has 0 bridgehead atoms. The molecule has 0 aliphatic heterocycles. The highest BCUT2D eigenvalue weighted by atomic mass is 35.5. The van der Waals surface area contributed by atoms with Crippen molar-refractivity contribution < 1.29 is 9.90 Å². The zero-order valence-corrected chi connectivity index (χ0v) is 11.9. The topological polar surface area (TPSA) is 59.3 Å². The lowest BCUT2D eigenvalue weighted by Gasteiger charge is -2.17. The van der Waals surface area contributed by atoms with E-state index < -0.39 is 11.4 Å². The second-order valence-corrected chi connectivity index (χ2v) is 4.85. The average molecular weight is 292 g/mol. The Balaban J connectivity index is 2.75. The van der Waals surface area contributed by atoms with Crippen LogP contribution in [0.1, 0.15) is 23.0 Å². The zero-order valence-electron chi connectivity index (χ0n) is 11.2. The zero-order chi connectivity index (χ0) is 14.9. The van der Waals surface area contributed by atoms with E-state index in [1.807, 2.05) is 23.6 Å². The Morgan fingerprint density at radius 2 is 1.90 bits per heavy atom.